The molecular formula is C35H55N7O4. The number of hydrogen-bond acceptors (Lipinski definition) is 6. The predicted molar refractivity (Wildman–Crippen MR) is 187 cm³/mol. The first-order chi connectivity index (χ1) is 22.2. The van der Waals surface area contributed by atoms with Gasteiger partial charge >= 0.3 is 0 Å². The quantitative estimate of drug-likeness (QED) is 0.244. The number of benzene rings is 1. The molecule has 0 spiro atoms. The number of allylic oxidation sites excluding steroid dienone is 2. The first-order valence-corrected chi connectivity index (χ1v) is 16.2. The van der Waals surface area contributed by atoms with Gasteiger partial charge in [0.15, 0.2) is 0 Å². The Morgan fingerprint density at radius 3 is 2.43 bits per heavy atom. The molecule has 1 saturated heterocycles. The van der Waals surface area contributed by atoms with E-state index in [0.29, 0.717) is 30.9 Å². The van der Waals surface area contributed by atoms with Crippen LogP contribution in [0.4, 0.5) is 5.69 Å². The Balaban J connectivity index is 0.00000600. The lowest BCUT2D eigenvalue weighted by atomic mass is 9.83. The number of hydrogen-bond donors (Lipinski definition) is 4. The molecule has 2 aliphatic rings. The lowest BCUT2D eigenvalue weighted by molar-refractivity contribution is -0.128. The fourth-order valence-electron chi connectivity index (χ4n) is 6.07. The van der Waals surface area contributed by atoms with Crippen molar-refractivity contribution in [1.82, 2.24) is 30.6 Å². The fourth-order valence-corrected chi connectivity index (χ4v) is 6.07. The van der Waals surface area contributed by atoms with Crippen molar-refractivity contribution >= 4 is 29.3 Å². The van der Waals surface area contributed by atoms with Gasteiger partial charge in [0, 0.05) is 63.7 Å². The molecule has 1 saturated carbocycles. The van der Waals surface area contributed by atoms with Gasteiger partial charge in [0.2, 0.25) is 17.7 Å². The zero-order valence-electron chi connectivity index (χ0n) is 27.0. The Labute approximate surface area is 277 Å². The van der Waals surface area contributed by atoms with Crippen LogP contribution in [0.5, 0.6) is 0 Å². The van der Waals surface area contributed by atoms with Gasteiger partial charge in [-0.3, -0.25) is 28.8 Å². The van der Waals surface area contributed by atoms with Crippen LogP contribution in [-0.4, -0.2) is 76.6 Å². The summed E-state index contributed by atoms with van der Waals surface area (Å²) in [5.41, 5.74) is 4.01. The number of carbonyl (C=O) groups is 4. The van der Waals surface area contributed by atoms with E-state index < -0.39 is 12.1 Å². The standard InChI is InChI=1S/C35H47N7O4.4H2/c1-5-10-27-23-42(22-24(27)3)20-19-36-33(44)29(39-31(43)6-2)21-25-13-15-28(16-14-25)38-35(46)32(26-11-8-7-9-12-26)40-34(45)30-17-18-37-41(30)4;;;;/h5,10,13-18,26,29,32H,1,3,6-9,11-12,19-23H2,2,4H3,(H,36,44)(H,38,46)(H,39,43)(H,40,45);4*1H/b27-10-;;;;/t29-,32+;;;;/m1..../s1. The van der Waals surface area contributed by atoms with Gasteiger partial charge in [0.05, 0.1) is 0 Å². The molecule has 1 aromatic heterocycles. The molecule has 4 amide bonds. The summed E-state index contributed by atoms with van der Waals surface area (Å²) < 4.78 is 1.49. The highest BCUT2D eigenvalue weighted by Gasteiger charge is 2.32. The van der Waals surface area contributed by atoms with Crippen LogP contribution in [0, 0.1) is 5.92 Å². The molecule has 2 atom stereocenters. The third kappa shape index (κ3) is 9.50. The largest absolute Gasteiger partial charge is 0.353 e. The van der Waals surface area contributed by atoms with Gasteiger partial charge in [-0.05, 0) is 53.7 Å². The Morgan fingerprint density at radius 2 is 1.78 bits per heavy atom. The third-order valence-electron chi connectivity index (χ3n) is 8.69. The van der Waals surface area contributed by atoms with Crippen molar-refractivity contribution in [3.63, 3.8) is 0 Å². The minimum Gasteiger partial charge on any atom is -0.353 e. The van der Waals surface area contributed by atoms with E-state index in [0.717, 1.165) is 61.9 Å². The highest BCUT2D eigenvalue weighted by atomic mass is 16.2. The number of aromatic nitrogens is 2. The summed E-state index contributed by atoms with van der Waals surface area (Å²) in [6.45, 7) is 12.2. The van der Waals surface area contributed by atoms with Crippen LogP contribution in [-0.2, 0) is 27.9 Å². The molecule has 254 valence electrons. The van der Waals surface area contributed by atoms with E-state index >= 15 is 0 Å². The van der Waals surface area contributed by atoms with E-state index in [1.165, 1.54) is 4.68 Å². The second-order valence-electron chi connectivity index (χ2n) is 12.1. The summed E-state index contributed by atoms with van der Waals surface area (Å²) in [6.07, 6.45) is 10.8. The van der Waals surface area contributed by atoms with E-state index in [2.05, 4.69) is 44.4 Å². The number of aryl methyl sites for hydroxylation is 1. The van der Waals surface area contributed by atoms with Crippen LogP contribution in [0.1, 0.15) is 67.2 Å². The summed E-state index contributed by atoms with van der Waals surface area (Å²) in [5.74, 6) is -1.02. The fraction of sp³-hybridized carbons (Fsp3) is 0.457. The summed E-state index contributed by atoms with van der Waals surface area (Å²) >= 11 is 0. The summed E-state index contributed by atoms with van der Waals surface area (Å²) in [4.78, 5) is 54.1. The Hall–Kier alpha value is -4.51. The van der Waals surface area contributed by atoms with Gasteiger partial charge in [-0.1, -0.05) is 63.6 Å². The summed E-state index contributed by atoms with van der Waals surface area (Å²) in [5, 5.41) is 15.8. The number of likely N-dealkylation sites (tertiary alicyclic amines) is 1. The van der Waals surface area contributed by atoms with Crippen molar-refractivity contribution in [2.24, 2.45) is 13.0 Å². The molecule has 0 radical (unpaired) electrons. The minimum absolute atomic E-state index is 0. The Kier molecular flexibility index (Phi) is 12.5. The van der Waals surface area contributed by atoms with Crippen molar-refractivity contribution in [3.8, 4) is 0 Å². The lowest BCUT2D eigenvalue weighted by Crippen LogP contribution is -2.49. The maximum atomic E-state index is 13.5. The molecule has 1 aliphatic carbocycles. The van der Waals surface area contributed by atoms with Gasteiger partial charge in [-0.2, -0.15) is 5.10 Å². The summed E-state index contributed by atoms with van der Waals surface area (Å²) in [7, 11) is 1.69. The van der Waals surface area contributed by atoms with Gasteiger partial charge < -0.3 is 21.3 Å². The molecule has 11 nitrogen and oxygen atoms in total. The molecule has 46 heavy (non-hydrogen) atoms. The molecule has 1 aliphatic heterocycles. The first kappa shape index (κ1) is 34.4. The average Bonchev–Trinajstić information content (AvgIpc) is 3.64. The Bertz CT molecular complexity index is 1460. The molecule has 4 rings (SSSR count). The van der Waals surface area contributed by atoms with Gasteiger partial charge in [-0.15, -0.1) is 0 Å². The van der Waals surface area contributed by atoms with Crippen LogP contribution in [0.25, 0.3) is 0 Å². The molecule has 2 fully saturated rings. The monoisotopic (exact) mass is 637 g/mol. The number of nitrogens with one attached hydrogen (secondary N) is 4. The van der Waals surface area contributed by atoms with Gasteiger partial charge in [0.25, 0.3) is 5.91 Å². The zero-order valence-corrected chi connectivity index (χ0v) is 27.0. The second kappa shape index (κ2) is 16.7. The molecule has 4 N–H and O–H groups in total. The number of nitrogens with zero attached hydrogens (tertiary/aromatic N) is 3. The van der Waals surface area contributed by atoms with Crippen molar-refractivity contribution in [2.45, 2.75) is 64.0 Å². The van der Waals surface area contributed by atoms with E-state index in [-0.39, 0.29) is 41.7 Å². The molecule has 2 aromatic rings. The Morgan fingerprint density at radius 1 is 1.04 bits per heavy atom. The van der Waals surface area contributed by atoms with Crippen LogP contribution in [0.3, 0.4) is 0 Å². The molecule has 0 unspecified atom stereocenters. The van der Waals surface area contributed by atoms with E-state index in [4.69, 9.17) is 0 Å². The van der Waals surface area contributed by atoms with Crippen LogP contribution >= 0.6 is 0 Å². The lowest BCUT2D eigenvalue weighted by Gasteiger charge is -2.30. The molecule has 2 heterocycles. The van der Waals surface area contributed by atoms with Gasteiger partial charge in [-0.25, -0.2) is 0 Å². The summed E-state index contributed by atoms with van der Waals surface area (Å²) in [6, 6.07) is 7.43. The number of anilines is 1. The van der Waals surface area contributed by atoms with Gasteiger partial charge in [0.1, 0.15) is 17.8 Å². The molecule has 11 heteroatoms. The van der Waals surface area contributed by atoms with E-state index in [1.54, 1.807) is 44.4 Å². The van der Waals surface area contributed by atoms with Crippen LogP contribution in [0.15, 0.2) is 73.0 Å². The smallest absolute Gasteiger partial charge is 0.270 e. The number of rotatable bonds is 14. The molecule has 1 aromatic carbocycles. The molecular weight excluding hydrogens is 582 g/mol. The topological polar surface area (TPSA) is 137 Å². The second-order valence-corrected chi connectivity index (χ2v) is 12.1. The number of carbonyl (C=O) groups excluding carboxylic acids is 4. The van der Waals surface area contributed by atoms with E-state index in [1.807, 2.05) is 18.2 Å². The third-order valence-corrected chi connectivity index (χ3v) is 8.69. The normalized spacial score (nSPS) is 17.7. The van der Waals surface area contributed by atoms with Crippen molar-refractivity contribution in [1.29, 1.82) is 0 Å². The SMILES string of the molecule is C=C/C=C1/CN(CCNC(=O)[C@@H](Cc2ccc(NC(=O)[C@@H](NC(=O)c3ccnn3C)C3CCCCC3)cc2)NC(=O)CC)CC1=C.[HH].[HH].[HH].[HH]. The van der Waals surface area contributed by atoms with Crippen LogP contribution < -0.4 is 21.3 Å². The van der Waals surface area contributed by atoms with Crippen molar-refractivity contribution in [2.75, 3.05) is 31.5 Å². The minimum atomic E-state index is -0.740. The highest BCUT2D eigenvalue weighted by molar-refractivity contribution is 6.00. The zero-order chi connectivity index (χ0) is 33.1. The maximum Gasteiger partial charge on any atom is 0.270 e. The van der Waals surface area contributed by atoms with Crippen LogP contribution in [0.2, 0.25) is 0 Å². The average molecular weight is 638 g/mol. The first-order valence-electron chi connectivity index (χ1n) is 16.2. The highest BCUT2D eigenvalue weighted by Crippen LogP contribution is 2.27. The van der Waals surface area contributed by atoms with E-state index in [9.17, 15) is 19.2 Å². The number of amides is 4. The van der Waals surface area contributed by atoms with Crippen molar-refractivity contribution < 1.29 is 24.9 Å². The van der Waals surface area contributed by atoms with Crippen molar-refractivity contribution in [3.05, 3.63) is 84.2 Å². The molecule has 0 bridgehead atoms. The predicted octanol–water partition coefficient (Wildman–Crippen LogP) is 4.26. The maximum absolute atomic E-state index is 13.5.